The van der Waals surface area contributed by atoms with Crippen LogP contribution in [0.25, 0.3) is 0 Å². The minimum absolute atomic E-state index is 0.637. The van der Waals surface area contributed by atoms with E-state index in [0.29, 0.717) is 12.5 Å². The molecule has 0 atom stereocenters. The van der Waals surface area contributed by atoms with Crippen molar-refractivity contribution in [2.75, 3.05) is 6.54 Å². The van der Waals surface area contributed by atoms with Gasteiger partial charge < -0.3 is 10.2 Å². The van der Waals surface area contributed by atoms with E-state index >= 15 is 0 Å². The highest BCUT2D eigenvalue weighted by molar-refractivity contribution is 5.05. The van der Waals surface area contributed by atoms with Crippen LogP contribution in [-0.2, 0) is 6.42 Å². The number of rotatable bonds is 4. The van der Waals surface area contributed by atoms with E-state index in [0.717, 1.165) is 18.7 Å². The predicted molar refractivity (Wildman–Crippen MR) is 64.3 cm³/mol. The van der Waals surface area contributed by atoms with Gasteiger partial charge in [-0.25, -0.2) is 4.98 Å². The maximum absolute atomic E-state index is 5.49. The molecular weight excluding hydrogens is 200 g/mol. The van der Waals surface area contributed by atoms with Gasteiger partial charge in [-0.3, -0.25) is 0 Å². The normalized spacial score (nSPS) is 18.6. The predicted octanol–water partition coefficient (Wildman–Crippen LogP) is 3.00. The highest BCUT2D eigenvalue weighted by Gasteiger charge is 2.17. The minimum atomic E-state index is 0.637. The van der Waals surface area contributed by atoms with E-state index in [1.807, 2.05) is 6.26 Å². The summed E-state index contributed by atoms with van der Waals surface area (Å²) < 4.78 is 5.49. The lowest BCUT2D eigenvalue weighted by Gasteiger charge is -2.08. The number of nitrogens with zero attached hydrogens (tertiary/aromatic N) is 1. The zero-order valence-corrected chi connectivity index (χ0v) is 9.95. The van der Waals surface area contributed by atoms with Gasteiger partial charge >= 0.3 is 0 Å². The van der Waals surface area contributed by atoms with Crippen molar-refractivity contribution in [2.24, 2.45) is 5.73 Å². The molecule has 1 aliphatic carbocycles. The molecule has 3 nitrogen and oxygen atoms in total. The Bertz CT molecular complexity index is 301. The van der Waals surface area contributed by atoms with E-state index in [4.69, 9.17) is 10.2 Å². The molecule has 1 fully saturated rings. The molecule has 2 N–H and O–H groups in total. The SMILES string of the molecule is NCCCc1nc(C2CCCCCC2)co1. The zero-order chi connectivity index (χ0) is 11.2. The highest BCUT2D eigenvalue weighted by atomic mass is 16.3. The largest absolute Gasteiger partial charge is 0.449 e. The first kappa shape index (κ1) is 11.6. The topological polar surface area (TPSA) is 52.0 Å². The first-order chi connectivity index (χ1) is 7.90. The zero-order valence-electron chi connectivity index (χ0n) is 9.95. The molecule has 2 rings (SSSR count). The van der Waals surface area contributed by atoms with Gasteiger partial charge in [-0.2, -0.15) is 0 Å². The second-order valence-electron chi connectivity index (χ2n) is 4.75. The van der Waals surface area contributed by atoms with Gasteiger partial charge in [0.1, 0.15) is 6.26 Å². The number of hydrogen-bond acceptors (Lipinski definition) is 3. The van der Waals surface area contributed by atoms with E-state index in [-0.39, 0.29) is 0 Å². The number of nitrogens with two attached hydrogens (primary N) is 1. The Morgan fingerprint density at radius 1 is 1.25 bits per heavy atom. The summed E-state index contributed by atoms with van der Waals surface area (Å²) in [5.41, 5.74) is 6.65. The van der Waals surface area contributed by atoms with Crippen LogP contribution in [0.2, 0.25) is 0 Å². The first-order valence-corrected chi connectivity index (χ1v) is 6.54. The maximum atomic E-state index is 5.49. The third kappa shape index (κ3) is 3.08. The second-order valence-corrected chi connectivity index (χ2v) is 4.75. The molecule has 0 aliphatic heterocycles. The van der Waals surface area contributed by atoms with Crippen molar-refractivity contribution in [3.8, 4) is 0 Å². The molecule has 0 aromatic carbocycles. The molecule has 1 aromatic rings. The number of oxazole rings is 1. The van der Waals surface area contributed by atoms with Crippen molar-refractivity contribution < 1.29 is 4.42 Å². The molecule has 0 unspecified atom stereocenters. The number of aromatic nitrogens is 1. The van der Waals surface area contributed by atoms with E-state index < -0.39 is 0 Å². The highest BCUT2D eigenvalue weighted by Crippen LogP contribution is 2.31. The van der Waals surface area contributed by atoms with Crippen molar-refractivity contribution in [2.45, 2.75) is 57.3 Å². The van der Waals surface area contributed by atoms with Crippen molar-refractivity contribution >= 4 is 0 Å². The van der Waals surface area contributed by atoms with Crippen LogP contribution in [0.4, 0.5) is 0 Å². The van der Waals surface area contributed by atoms with Gasteiger partial charge in [0, 0.05) is 12.3 Å². The number of aryl methyl sites for hydroxylation is 1. The summed E-state index contributed by atoms with van der Waals surface area (Å²) in [6.07, 6.45) is 11.7. The average molecular weight is 222 g/mol. The lowest BCUT2D eigenvalue weighted by atomic mass is 9.97. The smallest absolute Gasteiger partial charge is 0.194 e. The molecule has 0 spiro atoms. The molecule has 1 heterocycles. The van der Waals surface area contributed by atoms with Crippen LogP contribution in [0.5, 0.6) is 0 Å². The van der Waals surface area contributed by atoms with Gasteiger partial charge in [0.2, 0.25) is 0 Å². The molecule has 90 valence electrons. The van der Waals surface area contributed by atoms with Crippen LogP contribution < -0.4 is 5.73 Å². The Morgan fingerprint density at radius 2 is 2.00 bits per heavy atom. The van der Waals surface area contributed by atoms with Crippen LogP contribution in [0.3, 0.4) is 0 Å². The molecule has 1 aromatic heterocycles. The molecule has 1 aliphatic rings. The Hall–Kier alpha value is -0.830. The molecule has 0 bridgehead atoms. The Kier molecular flexibility index (Phi) is 4.40. The molecule has 0 radical (unpaired) electrons. The summed E-state index contributed by atoms with van der Waals surface area (Å²) in [5.74, 6) is 1.50. The summed E-state index contributed by atoms with van der Waals surface area (Å²) in [7, 11) is 0. The first-order valence-electron chi connectivity index (χ1n) is 6.54. The van der Waals surface area contributed by atoms with E-state index in [2.05, 4.69) is 4.98 Å². The van der Waals surface area contributed by atoms with Gasteiger partial charge in [0.15, 0.2) is 5.89 Å². The third-order valence-corrected chi connectivity index (χ3v) is 3.44. The van der Waals surface area contributed by atoms with Crippen molar-refractivity contribution in [1.29, 1.82) is 0 Å². The maximum Gasteiger partial charge on any atom is 0.194 e. The monoisotopic (exact) mass is 222 g/mol. The van der Waals surface area contributed by atoms with Gasteiger partial charge in [0.25, 0.3) is 0 Å². The summed E-state index contributed by atoms with van der Waals surface area (Å²) >= 11 is 0. The van der Waals surface area contributed by atoms with E-state index in [1.165, 1.54) is 44.2 Å². The van der Waals surface area contributed by atoms with Crippen LogP contribution in [0, 0.1) is 0 Å². The standard InChI is InChI=1S/C13H22N2O/c14-9-5-8-13-15-12(10-16-13)11-6-3-1-2-4-7-11/h10-11H,1-9,14H2. The van der Waals surface area contributed by atoms with Crippen LogP contribution >= 0.6 is 0 Å². The Balaban J connectivity index is 1.94. The van der Waals surface area contributed by atoms with E-state index in [9.17, 15) is 0 Å². The lowest BCUT2D eigenvalue weighted by Crippen LogP contribution is -2.01. The lowest BCUT2D eigenvalue weighted by molar-refractivity contribution is 0.486. The van der Waals surface area contributed by atoms with Crippen LogP contribution in [0.15, 0.2) is 10.7 Å². The molecular formula is C13H22N2O. The quantitative estimate of drug-likeness (QED) is 0.797. The fourth-order valence-electron chi connectivity index (χ4n) is 2.46. The molecule has 0 saturated heterocycles. The fourth-order valence-corrected chi connectivity index (χ4v) is 2.46. The van der Waals surface area contributed by atoms with Gasteiger partial charge in [0.05, 0.1) is 5.69 Å². The van der Waals surface area contributed by atoms with Crippen LogP contribution in [0.1, 0.15) is 62.4 Å². The van der Waals surface area contributed by atoms with Crippen molar-refractivity contribution in [1.82, 2.24) is 4.98 Å². The molecule has 3 heteroatoms. The summed E-state index contributed by atoms with van der Waals surface area (Å²) in [6, 6.07) is 0. The average Bonchev–Trinajstić information content (AvgIpc) is 2.60. The third-order valence-electron chi connectivity index (χ3n) is 3.44. The molecule has 16 heavy (non-hydrogen) atoms. The minimum Gasteiger partial charge on any atom is -0.449 e. The van der Waals surface area contributed by atoms with Gasteiger partial charge in [-0.15, -0.1) is 0 Å². The number of hydrogen-bond donors (Lipinski definition) is 1. The second kappa shape index (κ2) is 6.04. The molecule has 0 amide bonds. The van der Waals surface area contributed by atoms with Gasteiger partial charge in [-0.05, 0) is 25.8 Å². The van der Waals surface area contributed by atoms with Crippen LogP contribution in [-0.4, -0.2) is 11.5 Å². The Labute approximate surface area is 97.4 Å². The van der Waals surface area contributed by atoms with Crippen molar-refractivity contribution in [3.05, 3.63) is 17.8 Å². The van der Waals surface area contributed by atoms with Gasteiger partial charge in [-0.1, -0.05) is 25.7 Å². The van der Waals surface area contributed by atoms with Crippen molar-refractivity contribution in [3.63, 3.8) is 0 Å². The summed E-state index contributed by atoms with van der Waals surface area (Å²) in [4.78, 5) is 4.59. The Morgan fingerprint density at radius 3 is 2.69 bits per heavy atom. The summed E-state index contributed by atoms with van der Waals surface area (Å²) in [5, 5.41) is 0. The fraction of sp³-hybridized carbons (Fsp3) is 0.769. The molecule has 1 saturated carbocycles. The van der Waals surface area contributed by atoms with E-state index in [1.54, 1.807) is 0 Å². The summed E-state index contributed by atoms with van der Waals surface area (Å²) in [6.45, 7) is 0.709.